The van der Waals surface area contributed by atoms with Crippen molar-refractivity contribution in [2.24, 2.45) is 0 Å². The largest absolute Gasteiger partial charge is 0.481 e. The molecule has 0 saturated heterocycles. The van der Waals surface area contributed by atoms with Gasteiger partial charge in [0.15, 0.2) is 5.11 Å². The first-order valence-corrected chi connectivity index (χ1v) is 6.32. The van der Waals surface area contributed by atoms with Crippen LogP contribution in [0.4, 0.5) is 0 Å². The molecule has 1 aromatic carbocycles. The predicted molar refractivity (Wildman–Crippen MR) is 75.3 cm³/mol. The van der Waals surface area contributed by atoms with Crippen LogP contribution in [0.1, 0.15) is 25.3 Å². The Kier molecular flexibility index (Phi) is 6.14. The first-order valence-electron chi connectivity index (χ1n) is 5.92. The van der Waals surface area contributed by atoms with Gasteiger partial charge in [0, 0.05) is 12.6 Å². The SMILES string of the molecule is CCC(CC(=O)O)NC(=S)NCc1ccccc1. The summed E-state index contributed by atoms with van der Waals surface area (Å²) in [6.07, 6.45) is 0.795. The molecule has 3 N–H and O–H groups in total. The summed E-state index contributed by atoms with van der Waals surface area (Å²) in [5, 5.41) is 15.3. The minimum Gasteiger partial charge on any atom is -0.481 e. The molecule has 0 heterocycles. The van der Waals surface area contributed by atoms with Crippen LogP contribution < -0.4 is 10.6 Å². The number of nitrogens with one attached hydrogen (secondary N) is 2. The van der Waals surface area contributed by atoms with Gasteiger partial charge in [0.1, 0.15) is 0 Å². The highest BCUT2D eigenvalue weighted by Crippen LogP contribution is 1.99. The Labute approximate surface area is 112 Å². The summed E-state index contributed by atoms with van der Waals surface area (Å²) in [5.74, 6) is -0.819. The monoisotopic (exact) mass is 266 g/mol. The topological polar surface area (TPSA) is 61.4 Å². The molecule has 98 valence electrons. The molecule has 0 aromatic heterocycles. The van der Waals surface area contributed by atoms with E-state index >= 15 is 0 Å². The van der Waals surface area contributed by atoms with E-state index in [0.29, 0.717) is 11.7 Å². The average Bonchev–Trinajstić information content (AvgIpc) is 2.36. The average molecular weight is 266 g/mol. The van der Waals surface area contributed by atoms with E-state index in [4.69, 9.17) is 17.3 Å². The lowest BCUT2D eigenvalue weighted by Crippen LogP contribution is -2.42. The van der Waals surface area contributed by atoms with Crippen molar-refractivity contribution in [2.75, 3.05) is 0 Å². The fourth-order valence-corrected chi connectivity index (χ4v) is 1.76. The number of carboxylic acid groups (broad SMARTS) is 1. The zero-order valence-corrected chi connectivity index (χ0v) is 11.2. The van der Waals surface area contributed by atoms with Gasteiger partial charge in [-0.2, -0.15) is 0 Å². The summed E-state index contributed by atoms with van der Waals surface area (Å²) < 4.78 is 0. The molecule has 5 heteroatoms. The standard InChI is InChI=1S/C13H18N2O2S/c1-2-11(8-12(16)17)15-13(18)14-9-10-6-4-3-5-7-10/h3-7,11H,2,8-9H2,1H3,(H,16,17)(H2,14,15,18). The Morgan fingerprint density at radius 3 is 2.61 bits per heavy atom. The van der Waals surface area contributed by atoms with Gasteiger partial charge >= 0.3 is 5.97 Å². The molecule has 1 unspecified atom stereocenters. The lowest BCUT2D eigenvalue weighted by atomic mass is 10.1. The number of hydrogen-bond acceptors (Lipinski definition) is 2. The van der Waals surface area contributed by atoms with Crippen molar-refractivity contribution < 1.29 is 9.90 Å². The molecule has 0 radical (unpaired) electrons. The van der Waals surface area contributed by atoms with Crippen molar-refractivity contribution in [1.29, 1.82) is 0 Å². The molecule has 0 spiro atoms. The van der Waals surface area contributed by atoms with Gasteiger partial charge in [0.25, 0.3) is 0 Å². The second-order valence-electron chi connectivity index (χ2n) is 4.02. The van der Waals surface area contributed by atoms with E-state index in [9.17, 15) is 4.79 Å². The molecule has 18 heavy (non-hydrogen) atoms. The summed E-state index contributed by atoms with van der Waals surface area (Å²) in [6.45, 7) is 2.57. The third-order valence-electron chi connectivity index (χ3n) is 2.54. The second-order valence-corrected chi connectivity index (χ2v) is 4.42. The lowest BCUT2D eigenvalue weighted by molar-refractivity contribution is -0.137. The van der Waals surface area contributed by atoms with Gasteiger partial charge in [-0.1, -0.05) is 37.3 Å². The highest BCUT2D eigenvalue weighted by atomic mass is 32.1. The van der Waals surface area contributed by atoms with E-state index in [2.05, 4.69) is 10.6 Å². The van der Waals surface area contributed by atoms with Crippen molar-refractivity contribution in [3.05, 3.63) is 35.9 Å². The molecule has 1 rings (SSSR count). The van der Waals surface area contributed by atoms with Crippen LogP contribution in [0.2, 0.25) is 0 Å². The predicted octanol–water partition coefficient (Wildman–Crippen LogP) is 1.90. The van der Waals surface area contributed by atoms with Crippen molar-refractivity contribution >= 4 is 23.3 Å². The Morgan fingerprint density at radius 2 is 2.06 bits per heavy atom. The lowest BCUT2D eigenvalue weighted by Gasteiger charge is -2.17. The number of carbonyl (C=O) groups is 1. The first kappa shape index (κ1) is 14.4. The first-order chi connectivity index (χ1) is 8.61. The van der Waals surface area contributed by atoms with Crippen LogP contribution in [0, 0.1) is 0 Å². The molecule has 0 amide bonds. The number of carboxylic acids is 1. The van der Waals surface area contributed by atoms with E-state index in [1.54, 1.807) is 0 Å². The Bertz CT molecular complexity index is 395. The number of benzene rings is 1. The summed E-state index contributed by atoms with van der Waals surface area (Å²) in [4.78, 5) is 10.6. The van der Waals surface area contributed by atoms with E-state index in [-0.39, 0.29) is 12.5 Å². The number of aliphatic carboxylic acids is 1. The minimum atomic E-state index is -0.819. The van der Waals surface area contributed by atoms with E-state index in [1.807, 2.05) is 37.3 Å². The van der Waals surface area contributed by atoms with E-state index in [1.165, 1.54) is 0 Å². The number of rotatable bonds is 6. The maximum absolute atomic E-state index is 10.6. The molecule has 0 aliphatic heterocycles. The third-order valence-corrected chi connectivity index (χ3v) is 2.81. The van der Waals surface area contributed by atoms with Gasteiger partial charge in [-0.3, -0.25) is 4.79 Å². The summed E-state index contributed by atoms with van der Waals surface area (Å²) >= 11 is 5.13. The van der Waals surface area contributed by atoms with Crippen LogP contribution in [-0.4, -0.2) is 22.2 Å². The molecule has 0 aliphatic carbocycles. The maximum Gasteiger partial charge on any atom is 0.305 e. The molecule has 1 aromatic rings. The van der Waals surface area contributed by atoms with Crippen molar-refractivity contribution in [3.8, 4) is 0 Å². The second kappa shape index (κ2) is 7.66. The van der Waals surface area contributed by atoms with Gasteiger partial charge in [-0.25, -0.2) is 0 Å². The minimum absolute atomic E-state index is 0.0731. The van der Waals surface area contributed by atoms with Crippen LogP contribution >= 0.6 is 12.2 Å². The van der Waals surface area contributed by atoms with Crippen LogP contribution in [0.25, 0.3) is 0 Å². The van der Waals surface area contributed by atoms with Crippen molar-refractivity contribution in [3.63, 3.8) is 0 Å². The fourth-order valence-electron chi connectivity index (χ4n) is 1.52. The van der Waals surface area contributed by atoms with E-state index < -0.39 is 5.97 Å². The molecule has 4 nitrogen and oxygen atoms in total. The van der Waals surface area contributed by atoms with Gasteiger partial charge in [-0.15, -0.1) is 0 Å². The molecular formula is C13H18N2O2S. The number of hydrogen-bond donors (Lipinski definition) is 3. The van der Waals surface area contributed by atoms with Gasteiger partial charge < -0.3 is 15.7 Å². The van der Waals surface area contributed by atoms with Gasteiger partial charge in [-0.05, 0) is 24.2 Å². The van der Waals surface area contributed by atoms with Crippen molar-refractivity contribution in [1.82, 2.24) is 10.6 Å². The fraction of sp³-hybridized carbons (Fsp3) is 0.385. The molecular weight excluding hydrogens is 248 g/mol. The Hall–Kier alpha value is -1.62. The zero-order chi connectivity index (χ0) is 13.4. The quantitative estimate of drug-likeness (QED) is 0.687. The maximum atomic E-state index is 10.6. The molecule has 1 atom stereocenters. The Morgan fingerprint density at radius 1 is 1.39 bits per heavy atom. The van der Waals surface area contributed by atoms with Crippen molar-refractivity contribution in [2.45, 2.75) is 32.4 Å². The normalized spacial score (nSPS) is 11.6. The smallest absolute Gasteiger partial charge is 0.305 e. The zero-order valence-electron chi connectivity index (χ0n) is 10.3. The summed E-state index contributed by atoms with van der Waals surface area (Å²) in [5.41, 5.74) is 1.13. The Balaban J connectivity index is 2.34. The van der Waals surface area contributed by atoms with Crippen LogP contribution in [-0.2, 0) is 11.3 Å². The van der Waals surface area contributed by atoms with Gasteiger partial charge in [0.2, 0.25) is 0 Å². The highest BCUT2D eigenvalue weighted by Gasteiger charge is 2.11. The molecule has 0 aliphatic rings. The van der Waals surface area contributed by atoms with Crippen LogP contribution in [0.3, 0.4) is 0 Å². The van der Waals surface area contributed by atoms with E-state index in [0.717, 1.165) is 12.0 Å². The van der Waals surface area contributed by atoms with Gasteiger partial charge in [0.05, 0.1) is 6.42 Å². The molecule has 0 saturated carbocycles. The molecule has 0 fully saturated rings. The highest BCUT2D eigenvalue weighted by molar-refractivity contribution is 7.80. The summed E-state index contributed by atoms with van der Waals surface area (Å²) in [7, 11) is 0. The van der Waals surface area contributed by atoms with Crippen LogP contribution in [0.15, 0.2) is 30.3 Å². The number of thiocarbonyl (C=S) groups is 1. The van der Waals surface area contributed by atoms with Crippen LogP contribution in [0.5, 0.6) is 0 Å². The molecule has 0 bridgehead atoms. The summed E-state index contributed by atoms with van der Waals surface area (Å²) in [6, 6.07) is 9.77. The third kappa shape index (κ3) is 5.63.